The molecule has 0 spiro atoms. The summed E-state index contributed by atoms with van der Waals surface area (Å²) in [7, 11) is 0. The highest BCUT2D eigenvalue weighted by Gasteiger charge is 2.02. The van der Waals surface area contributed by atoms with Gasteiger partial charge in [-0.3, -0.25) is 0 Å². The Hall–Kier alpha value is -0.760. The molecule has 2 nitrogen and oxygen atoms in total. The Morgan fingerprint density at radius 1 is 1.29 bits per heavy atom. The van der Waals surface area contributed by atoms with Gasteiger partial charge in [-0.2, -0.15) is 0 Å². The van der Waals surface area contributed by atoms with Crippen molar-refractivity contribution in [3.05, 3.63) is 24.0 Å². The van der Waals surface area contributed by atoms with E-state index in [1.807, 2.05) is 0 Å². The summed E-state index contributed by atoms with van der Waals surface area (Å²) in [6.07, 6.45) is 6.79. The number of nitrogens with zero attached hydrogens (tertiary/aromatic N) is 1. The molecule has 1 aromatic rings. The first kappa shape index (κ1) is 11.3. The van der Waals surface area contributed by atoms with Crippen LogP contribution in [0.25, 0.3) is 0 Å². The lowest BCUT2D eigenvalue weighted by Gasteiger charge is -2.13. The molecular weight excluding hydrogens is 172 g/mol. The van der Waals surface area contributed by atoms with E-state index >= 15 is 0 Å². The first-order valence-corrected chi connectivity index (χ1v) is 5.68. The van der Waals surface area contributed by atoms with Gasteiger partial charge in [0.15, 0.2) is 0 Å². The van der Waals surface area contributed by atoms with Crippen LogP contribution in [-0.4, -0.2) is 10.6 Å². The third-order valence-electron chi connectivity index (χ3n) is 2.76. The third kappa shape index (κ3) is 3.18. The average Bonchev–Trinajstić information content (AvgIpc) is 2.67. The fourth-order valence-corrected chi connectivity index (χ4v) is 1.63. The van der Waals surface area contributed by atoms with Crippen molar-refractivity contribution in [2.45, 2.75) is 52.7 Å². The van der Waals surface area contributed by atoms with Crippen LogP contribution < -0.4 is 5.32 Å². The molecule has 0 aliphatic rings. The van der Waals surface area contributed by atoms with Gasteiger partial charge in [0.05, 0.1) is 0 Å². The Labute approximate surface area is 87.3 Å². The smallest absolute Gasteiger partial charge is 0.0223 e. The van der Waals surface area contributed by atoms with Crippen LogP contribution >= 0.6 is 0 Å². The third-order valence-corrected chi connectivity index (χ3v) is 2.76. The average molecular weight is 194 g/mol. The molecule has 1 rings (SSSR count). The Bertz CT molecular complexity index is 249. The predicted octanol–water partition coefficient (Wildman–Crippen LogP) is 2.79. The van der Waals surface area contributed by atoms with Gasteiger partial charge in [-0.05, 0) is 31.4 Å². The zero-order valence-electron chi connectivity index (χ0n) is 9.59. The maximum atomic E-state index is 3.56. The molecule has 0 aliphatic carbocycles. The minimum atomic E-state index is 0.667. The fourth-order valence-electron chi connectivity index (χ4n) is 1.63. The second kappa shape index (κ2) is 5.86. The second-order valence-corrected chi connectivity index (χ2v) is 3.74. The number of aryl methyl sites for hydroxylation is 1. The minimum absolute atomic E-state index is 0.667. The van der Waals surface area contributed by atoms with Crippen LogP contribution in [0.1, 0.15) is 39.2 Å². The van der Waals surface area contributed by atoms with E-state index in [1.165, 1.54) is 18.4 Å². The van der Waals surface area contributed by atoms with Crippen molar-refractivity contribution in [1.29, 1.82) is 0 Å². The molecule has 0 aliphatic heterocycles. The molecule has 0 radical (unpaired) electrons. The molecule has 0 saturated carbocycles. The van der Waals surface area contributed by atoms with Gasteiger partial charge in [0.2, 0.25) is 0 Å². The lowest BCUT2D eigenvalue weighted by molar-refractivity contribution is 0.484. The lowest BCUT2D eigenvalue weighted by atomic mass is 10.1. The Morgan fingerprint density at radius 2 is 2.00 bits per heavy atom. The van der Waals surface area contributed by atoms with Crippen molar-refractivity contribution in [1.82, 2.24) is 9.88 Å². The van der Waals surface area contributed by atoms with E-state index in [4.69, 9.17) is 0 Å². The largest absolute Gasteiger partial charge is 0.354 e. The van der Waals surface area contributed by atoms with Gasteiger partial charge in [-0.1, -0.05) is 13.8 Å². The van der Waals surface area contributed by atoms with Crippen molar-refractivity contribution in [3.63, 3.8) is 0 Å². The summed E-state index contributed by atoms with van der Waals surface area (Å²) >= 11 is 0. The normalized spacial score (nSPS) is 11.1. The Balaban J connectivity index is 2.37. The zero-order valence-corrected chi connectivity index (χ0v) is 9.59. The van der Waals surface area contributed by atoms with E-state index in [1.54, 1.807) is 0 Å². The van der Waals surface area contributed by atoms with Gasteiger partial charge in [0.25, 0.3) is 0 Å². The summed E-state index contributed by atoms with van der Waals surface area (Å²) in [5.41, 5.74) is 1.39. The van der Waals surface area contributed by atoms with Gasteiger partial charge in [0, 0.05) is 31.5 Å². The lowest BCUT2D eigenvalue weighted by Crippen LogP contribution is -2.26. The molecule has 0 unspecified atom stereocenters. The SMILES string of the molecule is CCC(CC)NCc1ccn(CC)c1. The van der Waals surface area contributed by atoms with Crippen LogP contribution in [-0.2, 0) is 13.1 Å². The summed E-state index contributed by atoms with van der Waals surface area (Å²) in [5, 5.41) is 3.56. The summed E-state index contributed by atoms with van der Waals surface area (Å²) in [6, 6.07) is 2.86. The monoisotopic (exact) mass is 194 g/mol. The molecule has 14 heavy (non-hydrogen) atoms. The molecule has 1 heterocycles. The summed E-state index contributed by atoms with van der Waals surface area (Å²) in [6.45, 7) is 8.69. The van der Waals surface area contributed by atoms with Crippen molar-refractivity contribution in [2.75, 3.05) is 0 Å². The number of hydrogen-bond acceptors (Lipinski definition) is 1. The standard InChI is InChI=1S/C12H22N2/c1-4-12(5-2)13-9-11-7-8-14(6-3)10-11/h7-8,10,12-13H,4-6,9H2,1-3H3. The quantitative estimate of drug-likeness (QED) is 0.737. The van der Waals surface area contributed by atoms with Crippen molar-refractivity contribution >= 4 is 0 Å². The Morgan fingerprint density at radius 3 is 2.50 bits per heavy atom. The van der Waals surface area contributed by atoms with E-state index in [9.17, 15) is 0 Å². The van der Waals surface area contributed by atoms with Crippen molar-refractivity contribution < 1.29 is 0 Å². The van der Waals surface area contributed by atoms with Gasteiger partial charge >= 0.3 is 0 Å². The van der Waals surface area contributed by atoms with E-state index in [2.05, 4.69) is 49.1 Å². The molecular formula is C12H22N2. The van der Waals surface area contributed by atoms with Crippen LogP contribution in [0.5, 0.6) is 0 Å². The molecule has 1 aromatic heterocycles. The highest BCUT2D eigenvalue weighted by atomic mass is 14.9. The number of hydrogen-bond donors (Lipinski definition) is 1. The van der Waals surface area contributed by atoms with Crippen LogP contribution in [0.2, 0.25) is 0 Å². The molecule has 0 atom stereocenters. The minimum Gasteiger partial charge on any atom is -0.354 e. The zero-order chi connectivity index (χ0) is 10.4. The topological polar surface area (TPSA) is 17.0 Å². The van der Waals surface area contributed by atoms with E-state index < -0.39 is 0 Å². The molecule has 2 heteroatoms. The summed E-state index contributed by atoms with van der Waals surface area (Å²) in [5.74, 6) is 0. The van der Waals surface area contributed by atoms with Crippen molar-refractivity contribution in [2.24, 2.45) is 0 Å². The van der Waals surface area contributed by atoms with Gasteiger partial charge in [-0.15, -0.1) is 0 Å². The number of nitrogens with one attached hydrogen (secondary N) is 1. The molecule has 0 bridgehead atoms. The van der Waals surface area contributed by atoms with E-state index in [0.717, 1.165) is 13.1 Å². The van der Waals surface area contributed by atoms with Crippen LogP contribution in [0.3, 0.4) is 0 Å². The first-order chi connectivity index (χ1) is 6.80. The van der Waals surface area contributed by atoms with Gasteiger partial charge in [-0.25, -0.2) is 0 Å². The molecule has 0 fully saturated rings. The van der Waals surface area contributed by atoms with Crippen LogP contribution in [0.4, 0.5) is 0 Å². The van der Waals surface area contributed by atoms with Crippen LogP contribution in [0.15, 0.2) is 18.5 Å². The molecule has 1 N–H and O–H groups in total. The maximum absolute atomic E-state index is 3.56. The predicted molar refractivity (Wildman–Crippen MR) is 61.3 cm³/mol. The highest BCUT2D eigenvalue weighted by Crippen LogP contribution is 2.03. The summed E-state index contributed by atoms with van der Waals surface area (Å²) in [4.78, 5) is 0. The van der Waals surface area contributed by atoms with Crippen LogP contribution in [0, 0.1) is 0 Å². The highest BCUT2D eigenvalue weighted by molar-refractivity contribution is 5.09. The number of rotatable bonds is 6. The molecule has 0 aromatic carbocycles. The van der Waals surface area contributed by atoms with Gasteiger partial charge in [0.1, 0.15) is 0 Å². The molecule has 0 amide bonds. The molecule has 80 valence electrons. The first-order valence-electron chi connectivity index (χ1n) is 5.68. The van der Waals surface area contributed by atoms with E-state index in [-0.39, 0.29) is 0 Å². The fraction of sp³-hybridized carbons (Fsp3) is 0.667. The van der Waals surface area contributed by atoms with Gasteiger partial charge < -0.3 is 9.88 Å². The summed E-state index contributed by atoms with van der Waals surface area (Å²) < 4.78 is 2.21. The molecule has 0 saturated heterocycles. The van der Waals surface area contributed by atoms with E-state index in [0.29, 0.717) is 6.04 Å². The number of aromatic nitrogens is 1. The maximum Gasteiger partial charge on any atom is 0.0223 e. The second-order valence-electron chi connectivity index (χ2n) is 3.74. The van der Waals surface area contributed by atoms with Crippen molar-refractivity contribution in [3.8, 4) is 0 Å². The Kier molecular flexibility index (Phi) is 4.74.